The molecule has 5 heteroatoms. The van der Waals surface area contributed by atoms with Crippen LogP contribution in [-0.2, 0) is 0 Å². The van der Waals surface area contributed by atoms with Crippen molar-refractivity contribution in [3.8, 4) is 16.9 Å². The van der Waals surface area contributed by atoms with Crippen LogP contribution in [0.1, 0.15) is 10.4 Å². The van der Waals surface area contributed by atoms with Crippen molar-refractivity contribution in [2.24, 2.45) is 0 Å². The lowest BCUT2D eigenvalue weighted by Gasteiger charge is -2.12. The normalized spacial score (nSPS) is 10.3. The fourth-order valence-corrected chi connectivity index (χ4v) is 1.95. The molecule has 0 aliphatic heterocycles. The molecule has 0 amide bonds. The molecule has 0 heterocycles. The molecule has 0 saturated heterocycles. The van der Waals surface area contributed by atoms with Crippen LogP contribution >= 0.6 is 11.6 Å². The first-order chi connectivity index (χ1) is 8.52. The number of hydrogen-bond acceptors (Lipinski definition) is 3. The Morgan fingerprint density at radius 3 is 2.39 bits per heavy atom. The third-order valence-electron chi connectivity index (χ3n) is 2.59. The first-order valence-electron chi connectivity index (χ1n) is 5.12. The number of nitrogens with two attached hydrogens (primary N) is 1. The van der Waals surface area contributed by atoms with Crippen molar-refractivity contribution in [1.29, 1.82) is 0 Å². The molecule has 0 bridgehead atoms. The molecular weight excluding hydrogens is 254 g/mol. The Kier molecular flexibility index (Phi) is 3.12. The first kappa shape index (κ1) is 12.3. The zero-order valence-electron chi connectivity index (χ0n) is 9.22. The monoisotopic (exact) mass is 263 g/mol. The van der Waals surface area contributed by atoms with E-state index in [0.29, 0.717) is 11.1 Å². The molecule has 0 atom stereocenters. The van der Waals surface area contributed by atoms with E-state index < -0.39 is 11.7 Å². The Morgan fingerprint density at radius 1 is 1.22 bits per heavy atom. The highest BCUT2D eigenvalue weighted by molar-refractivity contribution is 6.33. The average molecular weight is 264 g/mol. The molecule has 2 rings (SSSR count). The molecule has 2 aromatic rings. The number of rotatable bonds is 2. The standard InChI is InChI=1S/C13H10ClNO3/c14-9-6-8(7-4-2-1-3-5-7)10(13(17)18)11(15)12(9)16/h1-6,16H,15H2,(H,17,18). The van der Waals surface area contributed by atoms with E-state index in [1.165, 1.54) is 6.07 Å². The van der Waals surface area contributed by atoms with Gasteiger partial charge in [0.25, 0.3) is 0 Å². The Balaban J connectivity index is 2.78. The lowest BCUT2D eigenvalue weighted by atomic mass is 9.98. The van der Waals surface area contributed by atoms with Gasteiger partial charge in [-0.05, 0) is 11.6 Å². The summed E-state index contributed by atoms with van der Waals surface area (Å²) >= 11 is 5.82. The molecule has 0 unspecified atom stereocenters. The third kappa shape index (κ3) is 1.98. The van der Waals surface area contributed by atoms with Crippen molar-refractivity contribution in [3.63, 3.8) is 0 Å². The number of hydrogen-bond donors (Lipinski definition) is 3. The van der Waals surface area contributed by atoms with Crippen molar-refractivity contribution in [1.82, 2.24) is 0 Å². The minimum atomic E-state index is -1.21. The maximum Gasteiger partial charge on any atom is 0.338 e. The molecule has 4 nitrogen and oxygen atoms in total. The van der Waals surface area contributed by atoms with E-state index in [0.717, 1.165) is 0 Å². The van der Waals surface area contributed by atoms with E-state index in [4.69, 9.17) is 17.3 Å². The second-order valence-electron chi connectivity index (χ2n) is 3.71. The molecule has 0 aliphatic rings. The number of benzene rings is 2. The maximum absolute atomic E-state index is 11.2. The number of aromatic carboxylic acids is 1. The van der Waals surface area contributed by atoms with Crippen molar-refractivity contribution in [2.75, 3.05) is 5.73 Å². The van der Waals surface area contributed by atoms with E-state index in [2.05, 4.69) is 0 Å². The van der Waals surface area contributed by atoms with Crippen LogP contribution in [0.15, 0.2) is 36.4 Å². The minimum absolute atomic E-state index is 0.0244. The fraction of sp³-hybridized carbons (Fsp3) is 0. The van der Waals surface area contributed by atoms with Crippen LogP contribution < -0.4 is 5.73 Å². The largest absolute Gasteiger partial charge is 0.504 e. The first-order valence-corrected chi connectivity index (χ1v) is 5.49. The summed E-state index contributed by atoms with van der Waals surface area (Å²) in [6, 6.07) is 10.3. The molecule has 92 valence electrons. The van der Waals surface area contributed by atoms with Gasteiger partial charge in [0.2, 0.25) is 0 Å². The number of carbonyl (C=O) groups is 1. The number of halogens is 1. The van der Waals surface area contributed by atoms with Crippen molar-refractivity contribution in [3.05, 3.63) is 47.0 Å². The van der Waals surface area contributed by atoms with Gasteiger partial charge in [0.1, 0.15) is 0 Å². The summed E-state index contributed by atoms with van der Waals surface area (Å²) in [6.07, 6.45) is 0. The van der Waals surface area contributed by atoms with Crippen LogP contribution in [-0.4, -0.2) is 16.2 Å². The van der Waals surface area contributed by atoms with Crippen molar-refractivity contribution >= 4 is 23.3 Å². The van der Waals surface area contributed by atoms with Crippen molar-refractivity contribution in [2.45, 2.75) is 0 Å². The fourth-order valence-electron chi connectivity index (χ4n) is 1.74. The van der Waals surface area contributed by atoms with Gasteiger partial charge in [0.05, 0.1) is 16.3 Å². The molecule has 0 saturated carbocycles. The van der Waals surface area contributed by atoms with E-state index in [1.54, 1.807) is 24.3 Å². The summed E-state index contributed by atoms with van der Waals surface area (Å²) in [6.45, 7) is 0. The summed E-state index contributed by atoms with van der Waals surface area (Å²) < 4.78 is 0. The molecular formula is C13H10ClNO3. The number of phenols is 1. The van der Waals surface area contributed by atoms with Crippen LogP contribution in [0.3, 0.4) is 0 Å². The number of carboxylic acids is 1. The second-order valence-corrected chi connectivity index (χ2v) is 4.12. The van der Waals surface area contributed by atoms with Crippen molar-refractivity contribution < 1.29 is 15.0 Å². The lowest BCUT2D eigenvalue weighted by Crippen LogP contribution is -2.05. The SMILES string of the molecule is Nc1c(O)c(Cl)cc(-c2ccccc2)c1C(=O)O. The maximum atomic E-state index is 11.2. The highest BCUT2D eigenvalue weighted by atomic mass is 35.5. The van der Waals surface area contributed by atoms with Gasteiger partial charge in [-0.15, -0.1) is 0 Å². The molecule has 2 aromatic carbocycles. The van der Waals surface area contributed by atoms with Gasteiger partial charge in [-0.25, -0.2) is 4.79 Å². The molecule has 18 heavy (non-hydrogen) atoms. The van der Waals surface area contributed by atoms with Gasteiger partial charge >= 0.3 is 5.97 Å². The van der Waals surface area contributed by atoms with E-state index in [1.807, 2.05) is 6.07 Å². The van der Waals surface area contributed by atoms with E-state index in [9.17, 15) is 15.0 Å². The van der Waals surface area contributed by atoms with Crippen LogP contribution in [0.25, 0.3) is 11.1 Å². The number of phenolic OH excluding ortho intramolecular Hbond substituents is 1. The second kappa shape index (κ2) is 4.58. The quantitative estimate of drug-likeness (QED) is 0.574. The van der Waals surface area contributed by atoms with Gasteiger partial charge < -0.3 is 15.9 Å². The molecule has 0 aliphatic carbocycles. The summed E-state index contributed by atoms with van der Waals surface area (Å²) in [5.74, 6) is -1.62. The predicted octanol–water partition coefficient (Wildman–Crippen LogP) is 2.99. The van der Waals surface area contributed by atoms with Gasteiger partial charge in [-0.1, -0.05) is 41.9 Å². The number of aromatic hydroxyl groups is 1. The lowest BCUT2D eigenvalue weighted by molar-refractivity contribution is 0.0698. The Bertz CT molecular complexity index is 611. The zero-order valence-corrected chi connectivity index (χ0v) is 9.98. The van der Waals surface area contributed by atoms with Crippen LogP contribution in [0.4, 0.5) is 5.69 Å². The number of carboxylic acid groups (broad SMARTS) is 1. The van der Waals surface area contributed by atoms with E-state index in [-0.39, 0.29) is 16.3 Å². The Hall–Kier alpha value is -2.20. The van der Waals surface area contributed by atoms with Crippen LogP contribution in [0.5, 0.6) is 5.75 Å². The van der Waals surface area contributed by atoms with Gasteiger partial charge in [0, 0.05) is 5.56 Å². The molecule has 4 N–H and O–H groups in total. The Morgan fingerprint density at radius 2 is 1.83 bits per heavy atom. The number of anilines is 1. The van der Waals surface area contributed by atoms with E-state index >= 15 is 0 Å². The van der Waals surface area contributed by atoms with Gasteiger partial charge in [-0.2, -0.15) is 0 Å². The predicted molar refractivity (Wildman–Crippen MR) is 69.9 cm³/mol. The third-order valence-corrected chi connectivity index (χ3v) is 2.88. The zero-order chi connectivity index (χ0) is 13.3. The summed E-state index contributed by atoms with van der Waals surface area (Å²) in [7, 11) is 0. The topological polar surface area (TPSA) is 83.5 Å². The van der Waals surface area contributed by atoms with Gasteiger partial charge in [0.15, 0.2) is 5.75 Å². The summed E-state index contributed by atoms with van der Waals surface area (Å²) in [5.41, 5.74) is 6.28. The summed E-state index contributed by atoms with van der Waals surface area (Å²) in [4.78, 5) is 11.2. The van der Waals surface area contributed by atoms with Gasteiger partial charge in [-0.3, -0.25) is 0 Å². The molecule has 0 fully saturated rings. The summed E-state index contributed by atoms with van der Waals surface area (Å²) in [5, 5.41) is 18.8. The Labute approximate surface area is 108 Å². The molecule has 0 aromatic heterocycles. The molecule has 0 radical (unpaired) electrons. The smallest absolute Gasteiger partial charge is 0.338 e. The highest BCUT2D eigenvalue weighted by Crippen LogP contribution is 2.39. The molecule has 0 spiro atoms. The average Bonchev–Trinajstić information content (AvgIpc) is 2.36. The number of nitrogen functional groups attached to an aromatic ring is 1. The minimum Gasteiger partial charge on any atom is -0.504 e. The van der Waals surface area contributed by atoms with Crippen LogP contribution in [0.2, 0.25) is 5.02 Å². The van der Waals surface area contributed by atoms with Crippen LogP contribution in [0, 0.1) is 0 Å². The highest BCUT2D eigenvalue weighted by Gasteiger charge is 2.20.